The van der Waals surface area contributed by atoms with Crippen molar-refractivity contribution in [3.05, 3.63) is 30.2 Å². The Bertz CT molecular complexity index is 559. The molecule has 120 valence electrons. The lowest BCUT2D eigenvalue weighted by atomic mass is 9.81. The second-order valence-corrected chi connectivity index (χ2v) is 5.98. The summed E-state index contributed by atoms with van der Waals surface area (Å²) in [5.41, 5.74) is 6.88. The molecular weight excluding hydrogens is 284 g/mol. The van der Waals surface area contributed by atoms with Gasteiger partial charge in [-0.3, -0.25) is 4.99 Å². The zero-order chi connectivity index (χ0) is 15.6. The van der Waals surface area contributed by atoms with E-state index < -0.39 is 17.9 Å². The summed E-state index contributed by atoms with van der Waals surface area (Å²) in [6.45, 7) is 0. The van der Waals surface area contributed by atoms with Gasteiger partial charge in [-0.1, -0.05) is 6.42 Å². The first-order valence-corrected chi connectivity index (χ1v) is 7.67. The second kappa shape index (κ2) is 6.10. The van der Waals surface area contributed by atoms with E-state index in [-0.39, 0.29) is 0 Å². The highest BCUT2D eigenvalue weighted by Crippen LogP contribution is 2.38. The van der Waals surface area contributed by atoms with Gasteiger partial charge in [0.05, 0.1) is 12.0 Å². The number of rotatable bonds is 4. The van der Waals surface area contributed by atoms with Gasteiger partial charge in [-0.2, -0.15) is 0 Å². The van der Waals surface area contributed by atoms with Gasteiger partial charge < -0.3 is 25.7 Å². The lowest BCUT2D eigenvalue weighted by Crippen LogP contribution is -2.41. The predicted molar refractivity (Wildman–Crippen MR) is 80.9 cm³/mol. The van der Waals surface area contributed by atoms with E-state index in [0.717, 1.165) is 37.1 Å². The summed E-state index contributed by atoms with van der Waals surface area (Å²) in [5, 5.41) is 19.3. The van der Waals surface area contributed by atoms with Gasteiger partial charge in [0, 0.05) is 24.4 Å². The Morgan fingerprint density at radius 1 is 1.36 bits per heavy atom. The van der Waals surface area contributed by atoms with Crippen LogP contribution in [0.1, 0.15) is 37.8 Å². The van der Waals surface area contributed by atoms with Crippen LogP contribution in [0.2, 0.25) is 0 Å². The normalized spacial score (nSPS) is 23.8. The molecule has 1 saturated carbocycles. The number of nitrogens with one attached hydrogen (secondary N) is 1. The van der Waals surface area contributed by atoms with Crippen LogP contribution in [0.15, 0.2) is 29.5 Å². The van der Waals surface area contributed by atoms with Crippen LogP contribution in [-0.4, -0.2) is 43.8 Å². The maximum atomic E-state index is 9.65. The molecule has 2 heterocycles. The van der Waals surface area contributed by atoms with E-state index in [1.54, 1.807) is 18.6 Å². The minimum absolute atomic E-state index is 0.355. The highest BCUT2D eigenvalue weighted by molar-refractivity contribution is 6.04. The zero-order valence-corrected chi connectivity index (χ0v) is 12.4. The molecule has 0 amide bonds. The van der Waals surface area contributed by atoms with Crippen LogP contribution in [-0.2, 0) is 11.2 Å². The molecule has 1 fully saturated rings. The second-order valence-electron chi connectivity index (χ2n) is 5.98. The number of aromatic amines is 1. The van der Waals surface area contributed by atoms with E-state index in [0.29, 0.717) is 12.3 Å². The van der Waals surface area contributed by atoms with Crippen molar-refractivity contribution in [1.82, 2.24) is 9.97 Å². The van der Waals surface area contributed by atoms with Gasteiger partial charge in [-0.15, -0.1) is 0 Å². The maximum Gasteiger partial charge on any atom is 0.187 e. The lowest BCUT2D eigenvalue weighted by molar-refractivity contribution is -0.0576. The van der Waals surface area contributed by atoms with Crippen molar-refractivity contribution in [2.75, 3.05) is 0 Å². The number of H-pyrrole nitrogens is 1. The first kappa shape index (κ1) is 15.1. The summed E-state index contributed by atoms with van der Waals surface area (Å²) in [6, 6.07) is -0.681. The molecule has 22 heavy (non-hydrogen) atoms. The first-order chi connectivity index (χ1) is 10.6. The summed E-state index contributed by atoms with van der Waals surface area (Å²) < 4.78 is 5.84. The summed E-state index contributed by atoms with van der Waals surface area (Å²) in [6.07, 6.45) is 8.77. The molecule has 1 spiro atoms. The van der Waals surface area contributed by atoms with Crippen LogP contribution in [0, 0.1) is 0 Å². The topological polar surface area (TPSA) is 117 Å². The highest BCUT2D eigenvalue weighted by Gasteiger charge is 2.43. The van der Waals surface area contributed by atoms with E-state index >= 15 is 0 Å². The molecule has 1 aliphatic carbocycles. The van der Waals surface area contributed by atoms with E-state index in [1.807, 2.05) is 0 Å². The van der Waals surface area contributed by atoms with Crippen molar-refractivity contribution in [2.45, 2.75) is 56.5 Å². The van der Waals surface area contributed by atoms with E-state index in [4.69, 9.17) is 10.5 Å². The molecule has 1 aromatic heterocycles. The van der Waals surface area contributed by atoms with E-state index in [9.17, 15) is 10.2 Å². The van der Waals surface area contributed by atoms with Crippen LogP contribution in [0.3, 0.4) is 0 Å². The van der Waals surface area contributed by atoms with Gasteiger partial charge in [-0.25, -0.2) is 4.98 Å². The van der Waals surface area contributed by atoms with Crippen LogP contribution in [0.4, 0.5) is 0 Å². The largest absolute Gasteiger partial charge is 0.466 e. The number of aromatic nitrogens is 2. The van der Waals surface area contributed by atoms with Crippen LogP contribution in [0.25, 0.3) is 0 Å². The molecule has 0 radical (unpaired) electrons. The lowest BCUT2D eigenvalue weighted by Gasteiger charge is -2.34. The number of imidazole rings is 1. The fourth-order valence-electron chi connectivity index (χ4n) is 3.23. The van der Waals surface area contributed by atoms with Gasteiger partial charge in [0.2, 0.25) is 0 Å². The van der Waals surface area contributed by atoms with Gasteiger partial charge >= 0.3 is 0 Å². The monoisotopic (exact) mass is 306 g/mol. The summed E-state index contributed by atoms with van der Waals surface area (Å²) in [7, 11) is 0. The zero-order valence-electron chi connectivity index (χ0n) is 12.4. The van der Waals surface area contributed by atoms with Gasteiger partial charge in [0.25, 0.3) is 0 Å². The van der Waals surface area contributed by atoms with E-state index in [1.165, 1.54) is 6.42 Å². The third-order valence-electron chi connectivity index (χ3n) is 4.35. The number of nitrogens with zero attached hydrogens (tertiary/aromatic N) is 2. The smallest absolute Gasteiger partial charge is 0.187 e. The minimum atomic E-state index is -1.55. The fourth-order valence-corrected chi connectivity index (χ4v) is 3.23. The average molecular weight is 306 g/mol. The summed E-state index contributed by atoms with van der Waals surface area (Å²) in [4.78, 5) is 11.5. The molecule has 1 aromatic rings. The Morgan fingerprint density at radius 2 is 2.14 bits per heavy atom. The number of ether oxygens (including phenoxy) is 1. The number of hydrogen-bond acceptors (Lipinski definition) is 6. The quantitative estimate of drug-likeness (QED) is 0.608. The van der Waals surface area contributed by atoms with Crippen LogP contribution >= 0.6 is 0 Å². The van der Waals surface area contributed by atoms with E-state index in [2.05, 4.69) is 15.0 Å². The molecule has 2 aliphatic rings. The third-order valence-corrected chi connectivity index (χ3v) is 4.35. The Balaban J connectivity index is 1.85. The molecule has 0 unspecified atom stereocenters. The third kappa shape index (κ3) is 3.00. The van der Waals surface area contributed by atoms with Crippen molar-refractivity contribution in [2.24, 2.45) is 10.7 Å². The summed E-state index contributed by atoms with van der Waals surface area (Å²) in [5.74, 6) is 0.355. The van der Waals surface area contributed by atoms with Crippen LogP contribution in [0.5, 0.6) is 0 Å². The fraction of sp³-hybridized carbons (Fsp3) is 0.600. The van der Waals surface area contributed by atoms with Crippen molar-refractivity contribution >= 4 is 5.71 Å². The minimum Gasteiger partial charge on any atom is -0.466 e. The van der Waals surface area contributed by atoms with Gasteiger partial charge in [0.15, 0.2) is 17.8 Å². The number of aliphatic hydroxyl groups excluding tert-OH is 1. The Kier molecular flexibility index (Phi) is 4.17. The number of aliphatic hydroxyl groups is 2. The molecule has 7 nitrogen and oxygen atoms in total. The number of hydrogen-bond donors (Lipinski definition) is 4. The Hall–Kier alpha value is -1.86. The highest BCUT2D eigenvalue weighted by atomic mass is 16.5. The standard InChI is InChI=1S/C15H22N4O3/c16-13-7-12(15(22-13)4-2-1-3-5-15)19-11(14(20)21)6-10-8-17-9-18-10/h7-9,11,14,20-21H,1-6,16H2,(H,17,18)/t11-/m0/s1. The SMILES string of the molecule is NC1=CC(=N[C@@H](Cc2cnc[nH]2)C(O)O)C2(CCCCC2)O1. The molecular formula is C15H22N4O3. The molecule has 5 N–H and O–H groups in total. The Labute approximate surface area is 128 Å². The van der Waals surface area contributed by atoms with Crippen LogP contribution < -0.4 is 5.73 Å². The van der Waals surface area contributed by atoms with Gasteiger partial charge in [0.1, 0.15) is 6.04 Å². The van der Waals surface area contributed by atoms with Gasteiger partial charge in [-0.05, 0) is 25.7 Å². The molecule has 0 bridgehead atoms. The van der Waals surface area contributed by atoms with Crippen molar-refractivity contribution in [3.8, 4) is 0 Å². The van der Waals surface area contributed by atoms with Crippen molar-refractivity contribution < 1.29 is 14.9 Å². The first-order valence-electron chi connectivity index (χ1n) is 7.67. The molecule has 1 atom stereocenters. The van der Waals surface area contributed by atoms with Crippen molar-refractivity contribution in [3.63, 3.8) is 0 Å². The average Bonchev–Trinajstić information content (AvgIpc) is 3.08. The molecule has 0 aromatic carbocycles. The number of nitrogens with two attached hydrogens (primary N) is 1. The maximum absolute atomic E-state index is 9.65. The molecule has 7 heteroatoms. The summed E-state index contributed by atoms with van der Waals surface area (Å²) >= 11 is 0. The Morgan fingerprint density at radius 3 is 2.77 bits per heavy atom. The number of aliphatic imine (C=N–C) groups is 1. The van der Waals surface area contributed by atoms with Crippen molar-refractivity contribution in [1.29, 1.82) is 0 Å². The molecule has 0 saturated heterocycles. The predicted octanol–water partition coefficient (Wildman–Crippen LogP) is 0.606. The molecule has 1 aliphatic heterocycles. The molecule has 3 rings (SSSR count).